The van der Waals surface area contributed by atoms with Gasteiger partial charge < -0.3 is 20.3 Å². The number of nitrogens with zero attached hydrogens (tertiary/aromatic N) is 2. The highest BCUT2D eigenvalue weighted by Gasteiger charge is 2.48. The van der Waals surface area contributed by atoms with Crippen LogP contribution in [0.2, 0.25) is 0 Å². The van der Waals surface area contributed by atoms with E-state index in [1.165, 1.54) is 16.9 Å². The Bertz CT molecular complexity index is 1280. The Hall–Kier alpha value is -2.97. The highest BCUT2D eigenvalue weighted by Crippen LogP contribution is 2.47. The summed E-state index contributed by atoms with van der Waals surface area (Å²) in [7, 11) is 1.73. The monoisotopic (exact) mass is 504 g/mol. The predicted molar refractivity (Wildman–Crippen MR) is 141 cm³/mol. The van der Waals surface area contributed by atoms with Crippen LogP contribution in [0.15, 0.2) is 48.0 Å². The van der Waals surface area contributed by atoms with Gasteiger partial charge >= 0.3 is 0 Å². The minimum atomic E-state index is -0.198. The maximum absolute atomic E-state index is 14.1. The largest absolute Gasteiger partial charge is 0.383 e. The molecule has 7 nitrogen and oxygen atoms in total. The molecule has 188 valence electrons. The Balaban J connectivity index is 1.23. The van der Waals surface area contributed by atoms with Crippen molar-refractivity contribution in [2.24, 2.45) is 11.8 Å². The number of thiazole rings is 1. The molecule has 1 aromatic heterocycles. The molecule has 3 aromatic rings. The molecule has 1 aliphatic carbocycles. The Kier molecular flexibility index (Phi) is 6.39. The number of ether oxygens (including phenoxy) is 1. The summed E-state index contributed by atoms with van der Waals surface area (Å²) < 4.78 is 6.52. The van der Waals surface area contributed by atoms with Gasteiger partial charge in [-0.25, -0.2) is 4.98 Å². The van der Waals surface area contributed by atoms with Crippen LogP contribution in [0.3, 0.4) is 0 Å². The van der Waals surface area contributed by atoms with E-state index in [2.05, 4.69) is 38.7 Å². The number of hydrogen-bond acceptors (Lipinski definition) is 6. The summed E-state index contributed by atoms with van der Waals surface area (Å²) in [6.07, 6.45) is 4.63. The van der Waals surface area contributed by atoms with Gasteiger partial charge in [0.05, 0.1) is 40.3 Å². The SMILES string of the molecule is COC[C@@H]1Nc2ccccc2[C@H]2[C@H]1CCN2C(=O)[C@H]1CCCC[C@H]1NC(=O)c1ccc2ncsc2c1. The fourth-order valence-corrected chi connectivity index (χ4v) is 7.20. The molecule has 0 spiro atoms. The van der Waals surface area contributed by atoms with Gasteiger partial charge in [-0.15, -0.1) is 11.3 Å². The number of carbonyl (C=O) groups is 2. The van der Waals surface area contributed by atoms with Gasteiger partial charge in [0.15, 0.2) is 0 Å². The van der Waals surface area contributed by atoms with Crippen LogP contribution < -0.4 is 10.6 Å². The number of likely N-dealkylation sites (tertiary alicyclic amines) is 1. The average molecular weight is 505 g/mol. The van der Waals surface area contributed by atoms with E-state index in [9.17, 15) is 9.59 Å². The third-order valence-corrected chi connectivity index (χ3v) is 9.00. The first-order valence-corrected chi connectivity index (χ1v) is 13.8. The molecule has 8 heteroatoms. The van der Waals surface area contributed by atoms with E-state index in [4.69, 9.17) is 4.74 Å². The molecule has 2 amide bonds. The lowest BCUT2D eigenvalue weighted by Crippen LogP contribution is -2.50. The Labute approximate surface area is 215 Å². The average Bonchev–Trinajstić information content (AvgIpc) is 3.56. The van der Waals surface area contributed by atoms with E-state index in [0.717, 1.165) is 54.6 Å². The fourth-order valence-electron chi connectivity index (χ4n) is 6.48. The summed E-state index contributed by atoms with van der Waals surface area (Å²) in [5, 5.41) is 6.88. The summed E-state index contributed by atoms with van der Waals surface area (Å²) >= 11 is 1.53. The first-order chi connectivity index (χ1) is 17.6. The molecule has 3 heterocycles. The summed E-state index contributed by atoms with van der Waals surface area (Å²) in [4.78, 5) is 33.7. The van der Waals surface area contributed by atoms with Crippen LogP contribution in [0, 0.1) is 11.8 Å². The van der Waals surface area contributed by atoms with E-state index >= 15 is 0 Å². The van der Waals surface area contributed by atoms with E-state index in [-0.39, 0.29) is 35.9 Å². The van der Waals surface area contributed by atoms with Crippen LogP contribution >= 0.6 is 11.3 Å². The second-order valence-electron chi connectivity index (χ2n) is 10.2. The molecule has 3 aliphatic rings. The number of rotatable bonds is 5. The number of para-hydroxylation sites is 1. The van der Waals surface area contributed by atoms with Gasteiger partial charge in [0.25, 0.3) is 5.91 Å². The van der Waals surface area contributed by atoms with Crippen molar-refractivity contribution >= 4 is 39.1 Å². The minimum Gasteiger partial charge on any atom is -0.383 e. The molecule has 2 N–H and O–H groups in total. The van der Waals surface area contributed by atoms with Crippen LogP contribution in [0.4, 0.5) is 5.69 Å². The smallest absolute Gasteiger partial charge is 0.251 e. The number of nitrogens with one attached hydrogen (secondary N) is 2. The summed E-state index contributed by atoms with van der Waals surface area (Å²) in [5.74, 6) is 0.183. The van der Waals surface area contributed by atoms with E-state index in [0.29, 0.717) is 18.1 Å². The third-order valence-electron chi connectivity index (χ3n) is 8.20. The van der Waals surface area contributed by atoms with Crippen molar-refractivity contribution in [3.8, 4) is 0 Å². The summed E-state index contributed by atoms with van der Waals surface area (Å²) in [6, 6.07) is 14.0. The lowest BCUT2D eigenvalue weighted by molar-refractivity contribution is -0.139. The maximum Gasteiger partial charge on any atom is 0.251 e. The molecular formula is C28H32N4O3S. The molecule has 2 aliphatic heterocycles. The molecule has 0 bridgehead atoms. The van der Waals surface area contributed by atoms with E-state index < -0.39 is 0 Å². The van der Waals surface area contributed by atoms with E-state index in [1.807, 2.05) is 24.3 Å². The van der Waals surface area contributed by atoms with Gasteiger partial charge in [-0.3, -0.25) is 9.59 Å². The van der Waals surface area contributed by atoms with Crippen molar-refractivity contribution in [3.63, 3.8) is 0 Å². The van der Waals surface area contributed by atoms with E-state index in [1.54, 1.807) is 12.6 Å². The van der Waals surface area contributed by atoms with Crippen LogP contribution in [-0.2, 0) is 9.53 Å². The number of carbonyl (C=O) groups excluding carboxylic acids is 2. The standard InChI is InChI=1S/C28H32N4O3S/c1-35-15-24-19-12-13-32(26(19)18-6-2-4-8-21(18)30-24)28(34)20-7-3-5-9-22(20)31-27(33)17-10-11-23-25(14-17)36-16-29-23/h2,4,6,8,10-11,14,16,19-20,22,24,26,30H,3,5,7,9,12-13,15H2,1H3,(H,31,33)/t19-,20-,22+,24-,26-/m0/s1. The first kappa shape index (κ1) is 23.4. The number of amides is 2. The van der Waals surface area contributed by atoms with Gasteiger partial charge in [0.1, 0.15) is 0 Å². The lowest BCUT2D eigenvalue weighted by atomic mass is 9.81. The van der Waals surface area contributed by atoms with Crippen molar-refractivity contribution in [1.29, 1.82) is 0 Å². The predicted octanol–water partition coefficient (Wildman–Crippen LogP) is 4.62. The van der Waals surface area contributed by atoms with Gasteiger partial charge in [0.2, 0.25) is 5.91 Å². The number of hydrogen-bond donors (Lipinski definition) is 2. The molecule has 0 radical (unpaired) electrons. The molecule has 2 fully saturated rings. The minimum absolute atomic E-state index is 0.0436. The first-order valence-electron chi connectivity index (χ1n) is 12.9. The number of methoxy groups -OCH3 is 1. The highest BCUT2D eigenvalue weighted by molar-refractivity contribution is 7.16. The second kappa shape index (κ2) is 9.82. The Morgan fingerprint density at radius 2 is 2.03 bits per heavy atom. The molecule has 1 saturated carbocycles. The van der Waals surface area contributed by atoms with Crippen molar-refractivity contribution in [2.45, 2.75) is 50.2 Å². The highest BCUT2D eigenvalue weighted by atomic mass is 32.1. The molecule has 36 heavy (non-hydrogen) atoms. The van der Waals surface area contributed by atoms with Crippen LogP contribution in [0.5, 0.6) is 0 Å². The number of aromatic nitrogens is 1. The third kappa shape index (κ3) is 4.16. The maximum atomic E-state index is 14.1. The Morgan fingerprint density at radius 3 is 2.92 bits per heavy atom. The Morgan fingerprint density at radius 1 is 1.17 bits per heavy atom. The topological polar surface area (TPSA) is 83.6 Å². The molecular weight excluding hydrogens is 472 g/mol. The number of fused-ring (bicyclic) bond motifs is 4. The normalized spacial score (nSPS) is 27.2. The molecule has 0 unspecified atom stereocenters. The zero-order chi connectivity index (χ0) is 24.6. The number of benzene rings is 2. The summed E-state index contributed by atoms with van der Waals surface area (Å²) in [6.45, 7) is 1.35. The molecule has 6 rings (SSSR count). The number of anilines is 1. The van der Waals surface area contributed by atoms with Crippen LogP contribution in [-0.4, -0.2) is 54.0 Å². The molecule has 1 saturated heterocycles. The summed E-state index contributed by atoms with van der Waals surface area (Å²) in [5.41, 5.74) is 5.60. The fraction of sp³-hybridized carbons (Fsp3) is 0.464. The second-order valence-corrected chi connectivity index (χ2v) is 11.1. The van der Waals surface area contributed by atoms with Crippen LogP contribution in [0.25, 0.3) is 10.2 Å². The molecule has 2 aromatic carbocycles. The molecule has 5 atom stereocenters. The van der Waals surface area contributed by atoms with Crippen molar-refractivity contribution in [1.82, 2.24) is 15.2 Å². The van der Waals surface area contributed by atoms with Crippen LogP contribution in [0.1, 0.15) is 54.1 Å². The lowest BCUT2D eigenvalue weighted by Gasteiger charge is -2.41. The van der Waals surface area contributed by atoms with Gasteiger partial charge in [0, 0.05) is 36.9 Å². The zero-order valence-electron chi connectivity index (χ0n) is 20.5. The zero-order valence-corrected chi connectivity index (χ0v) is 21.3. The van der Waals surface area contributed by atoms with Crippen molar-refractivity contribution < 1.29 is 14.3 Å². The van der Waals surface area contributed by atoms with Gasteiger partial charge in [-0.1, -0.05) is 31.0 Å². The van der Waals surface area contributed by atoms with Gasteiger partial charge in [-0.2, -0.15) is 0 Å². The van der Waals surface area contributed by atoms with Crippen molar-refractivity contribution in [2.75, 3.05) is 25.6 Å². The quantitative estimate of drug-likeness (QED) is 0.530. The van der Waals surface area contributed by atoms with Gasteiger partial charge in [-0.05, 0) is 49.1 Å². The van der Waals surface area contributed by atoms with Crippen molar-refractivity contribution in [3.05, 3.63) is 59.1 Å².